The van der Waals surface area contributed by atoms with Crippen molar-refractivity contribution in [3.05, 3.63) is 39.7 Å². The van der Waals surface area contributed by atoms with Gasteiger partial charge in [-0.15, -0.1) is 0 Å². The molecule has 114 valence electrons. The zero-order chi connectivity index (χ0) is 16.0. The number of rotatable bonds is 6. The van der Waals surface area contributed by atoms with Gasteiger partial charge in [-0.25, -0.2) is 0 Å². The number of nitrogens with one attached hydrogen (secondary N) is 2. The maximum absolute atomic E-state index is 13.4. The molecule has 0 aliphatic heterocycles. The van der Waals surface area contributed by atoms with Gasteiger partial charge in [0, 0.05) is 18.2 Å². The van der Waals surface area contributed by atoms with E-state index in [-0.39, 0.29) is 11.5 Å². The second kappa shape index (κ2) is 7.32. The van der Waals surface area contributed by atoms with Crippen molar-refractivity contribution >= 4 is 17.5 Å². The Balaban J connectivity index is 2.74. The van der Waals surface area contributed by atoms with Crippen LogP contribution in [0.4, 0.5) is 10.1 Å². The van der Waals surface area contributed by atoms with E-state index in [1.807, 2.05) is 6.92 Å². The molecule has 8 heteroatoms. The summed E-state index contributed by atoms with van der Waals surface area (Å²) in [4.78, 5) is 33.0. The number of nitrogens with zero attached hydrogens (tertiary/aromatic N) is 1. The van der Waals surface area contributed by atoms with E-state index in [1.54, 1.807) is 0 Å². The number of halogens is 1. The zero-order valence-electron chi connectivity index (χ0n) is 11.7. The minimum absolute atomic E-state index is 0.0896. The van der Waals surface area contributed by atoms with Crippen molar-refractivity contribution in [2.75, 3.05) is 6.54 Å². The zero-order valence-corrected chi connectivity index (χ0v) is 11.7. The predicted octanol–water partition coefficient (Wildman–Crippen LogP) is 1.38. The van der Waals surface area contributed by atoms with Crippen molar-refractivity contribution in [3.8, 4) is 0 Å². The summed E-state index contributed by atoms with van der Waals surface area (Å²) in [6.07, 6.45) is 0.764. The van der Waals surface area contributed by atoms with Crippen molar-refractivity contribution in [2.45, 2.75) is 26.3 Å². The molecule has 1 aromatic rings. The lowest BCUT2D eigenvalue weighted by atomic mass is 10.1. The highest BCUT2D eigenvalue weighted by molar-refractivity contribution is 5.97. The molecule has 1 rings (SSSR count). The number of carbonyl (C=O) groups is 2. The number of nitro groups is 1. The van der Waals surface area contributed by atoms with E-state index in [2.05, 4.69) is 10.6 Å². The molecule has 21 heavy (non-hydrogen) atoms. The highest BCUT2D eigenvalue weighted by Gasteiger charge is 2.19. The Kier molecular flexibility index (Phi) is 5.77. The summed E-state index contributed by atoms with van der Waals surface area (Å²) in [6.45, 7) is 3.87. The molecule has 1 aromatic carbocycles. The van der Waals surface area contributed by atoms with E-state index in [0.29, 0.717) is 6.54 Å². The Morgan fingerprint density at radius 2 is 2.10 bits per heavy atom. The summed E-state index contributed by atoms with van der Waals surface area (Å²) >= 11 is 0. The molecule has 0 fully saturated rings. The number of benzene rings is 1. The van der Waals surface area contributed by atoms with Crippen molar-refractivity contribution in [1.82, 2.24) is 10.6 Å². The van der Waals surface area contributed by atoms with E-state index in [4.69, 9.17) is 0 Å². The van der Waals surface area contributed by atoms with Gasteiger partial charge < -0.3 is 10.6 Å². The van der Waals surface area contributed by atoms with Gasteiger partial charge in [0.1, 0.15) is 6.04 Å². The summed E-state index contributed by atoms with van der Waals surface area (Å²) in [7, 11) is 0. The van der Waals surface area contributed by atoms with Crippen LogP contribution in [0.5, 0.6) is 0 Å². The molecule has 0 saturated heterocycles. The number of hydrogen-bond donors (Lipinski definition) is 2. The second-order valence-corrected chi connectivity index (χ2v) is 4.41. The second-order valence-electron chi connectivity index (χ2n) is 4.41. The molecule has 7 nitrogen and oxygen atoms in total. The first-order valence-electron chi connectivity index (χ1n) is 6.39. The van der Waals surface area contributed by atoms with Crippen molar-refractivity contribution in [1.29, 1.82) is 0 Å². The first-order chi connectivity index (χ1) is 9.86. The fourth-order valence-electron chi connectivity index (χ4n) is 1.54. The van der Waals surface area contributed by atoms with Gasteiger partial charge in [-0.05, 0) is 25.5 Å². The van der Waals surface area contributed by atoms with Gasteiger partial charge in [0.05, 0.1) is 4.92 Å². The van der Waals surface area contributed by atoms with Gasteiger partial charge in [-0.2, -0.15) is 4.39 Å². The van der Waals surface area contributed by atoms with Crippen LogP contribution in [-0.2, 0) is 4.79 Å². The number of nitro benzene ring substituents is 1. The van der Waals surface area contributed by atoms with Gasteiger partial charge >= 0.3 is 5.69 Å². The van der Waals surface area contributed by atoms with Crippen LogP contribution in [0, 0.1) is 15.9 Å². The van der Waals surface area contributed by atoms with Crippen LogP contribution in [0.25, 0.3) is 0 Å². The van der Waals surface area contributed by atoms with Crippen LogP contribution >= 0.6 is 0 Å². The third kappa shape index (κ3) is 4.51. The normalized spacial score (nSPS) is 11.6. The Morgan fingerprint density at radius 1 is 1.43 bits per heavy atom. The highest BCUT2D eigenvalue weighted by Crippen LogP contribution is 2.17. The van der Waals surface area contributed by atoms with Crippen LogP contribution < -0.4 is 10.6 Å². The molecule has 0 saturated carbocycles. The third-order valence-electron chi connectivity index (χ3n) is 2.70. The molecule has 0 radical (unpaired) electrons. The van der Waals surface area contributed by atoms with E-state index in [0.717, 1.165) is 24.6 Å². The minimum atomic E-state index is -1.10. The quantitative estimate of drug-likeness (QED) is 0.611. The molecule has 0 spiro atoms. The summed E-state index contributed by atoms with van der Waals surface area (Å²) in [5, 5.41) is 15.5. The molecule has 1 atom stereocenters. The Labute approximate surface area is 120 Å². The average molecular weight is 297 g/mol. The molecule has 0 bridgehead atoms. The first kappa shape index (κ1) is 16.5. The molecule has 0 aromatic heterocycles. The fraction of sp³-hybridized carbons (Fsp3) is 0.385. The lowest BCUT2D eigenvalue weighted by Gasteiger charge is -2.13. The lowest BCUT2D eigenvalue weighted by Crippen LogP contribution is -2.45. The molecule has 2 N–H and O–H groups in total. The molecule has 0 heterocycles. The van der Waals surface area contributed by atoms with Crippen molar-refractivity contribution in [2.24, 2.45) is 0 Å². The molecule has 1 unspecified atom stereocenters. The van der Waals surface area contributed by atoms with Crippen LogP contribution in [-0.4, -0.2) is 29.3 Å². The fourth-order valence-corrected chi connectivity index (χ4v) is 1.54. The molecule has 0 aliphatic rings. The third-order valence-corrected chi connectivity index (χ3v) is 2.70. The van der Waals surface area contributed by atoms with Gasteiger partial charge in [0.2, 0.25) is 11.7 Å². The highest BCUT2D eigenvalue weighted by atomic mass is 19.1. The monoisotopic (exact) mass is 297 g/mol. The number of amides is 2. The summed E-state index contributed by atoms with van der Waals surface area (Å²) in [5.74, 6) is -2.13. The number of hydrogen-bond acceptors (Lipinski definition) is 4. The SMILES string of the molecule is CCCNC(=O)C(C)NC(=O)c1ccc([N+](=O)[O-])c(F)c1. The molecular weight excluding hydrogens is 281 g/mol. The maximum Gasteiger partial charge on any atom is 0.304 e. The van der Waals surface area contributed by atoms with E-state index in [9.17, 15) is 24.1 Å². The summed E-state index contributed by atoms with van der Waals surface area (Å²) in [6, 6.07) is 2.02. The van der Waals surface area contributed by atoms with E-state index >= 15 is 0 Å². The van der Waals surface area contributed by atoms with E-state index in [1.165, 1.54) is 6.92 Å². The van der Waals surface area contributed by atoms with Crippen molar-refractivity contribution < 1.29 is 18.9 Å². The molecule has 0 aliphatic carbocycles. The van der Waals surface area contributed by atoms with Gasteiger partial charge in [-0.3, -0.25) is 19.7 Å². The van der Waals surface area contributed by atoms with Gasteiger partial charge in [0.15, 0.2) is 0 Å². The molecular formula is C13H16FN3O4. The van der Waals surface area contributed by atoms with Crippen LogP contribution in [0.15, 0.2) is 18.2 Å². The predicted molar refractivity (Wildman–Crippen MR) is 73.3 cm³/mol. The topological polar surface area (TPSA) is 101 Å². The Hall–Kier alpha value is -2.51. The number of carbonyl (C=O) groups excluding carboxylic acids is 2. The first-order valence-corrected chi connectivity index (χ1v) is 6.39. The maximum atomic E-state index is 13.4. The van der Waals surface area contributed by atoms with Crippen LogP contribution in [0.2, 0.25) is 0 Å². The lowest BCUT2D eigenvalue weighted by molar-refractivity contribution is -0.387. The smallest absolute Gasteiger partial charge is 0.304 e. The summed E-state index contributed by atoms with van der Waals surface area (Å²) in [5.41, 5.74) is -0.798. The molecule has 2 amide bonds. The van der Waals surface area contributed by atoms with E-state index < -0.39 is 28.4 Å². The van der Waals surface area contributed by atoms with Gasteiger partial charge in [0.25, 0.3) is 5.91 Å². The largest absolute Gasteiger partial charge is 0.354 e. The Morgan fingerprint density at radius 3 is 2.62 bits per heavy atom. The standard InChI is InChI=1S/C13H16FN3O4/c1-3-6-15-12(18)8(2)16-13(19)9-4-5-11(17(20)21)10(14)7-9/h4-5,7-8H,3,6H2,1-2H3,(H,15,18)(H,16,19). The van der Waals surface area contributed by atoms with Crippen LogP contribution in [0.3, 0.4) is 0 Å². The van der Waals surface area contributed by atoms with Crippen molar-refractivity contribution in [3.63, 3.8) is 0 Å². The minimum Gasteiger partial charge on any atom is -0.354 e. The van der Waals surface area contributed by atoms with Crippen LogP contribution in [0.1, 0.15) is 30.6 Å². The Bertz CT molecular complexity index is 562. The summed E-state index contributed by atoms with van der Waals surface area (Å²) < 4.78 is 13.4. The average Bonchev–Trinajstić information content (AvgIpc) is 2.43. The van der Waals surface area contributed by atoms with Gasteiger partial charge in [-0.1, -0.05) is 6.92 Å².